The zero-order valence-corrected chi connectivity index (χ0v) is 13.6. The highest BCUT2D eigenvalue weighted by Gasteiger charge is 2.31. The highest BCUT2D eigenvalue weighted by molar-refractivity contribution is 7.88. The fourth-order valence-electron chi connectivity index (χ4n) is 3.36. The number of carbonyl (C=O) groups excluding carboxylic acids is 1. The summed E-state index contributed by atoms with van der Waals surface area (Å²) in [4.78, 5) is 12.1. The summed E-state index contributed by atoms with van der Waals surface area (Å²) < 4.78 is 24.4. The van der Waals surface area contributed by atoms with Crippen molar-refractivity contribution in [2.45, 2.75) is 62.9 Å². The Morgan fingerprint density at radius 1 is 1.24 bits per heavy atom. The molecule has 1 saturated carbocycles. The molecule has 2 rings (SSSR count). The maximum absolute atomic E-state index is 12.1. The molecule has 0 radical (unpaired) electrons. The van der Waals surface area contributed by atoms with Crippen LogP contribution < -0.4 is 11.1 Å². The molecule has 0 atom stereocenters. The van der Waals surface area contributed by atoms with E-state index in [1.807, 2.05) is 0 Å². The third-order valence-corrected chi connectivity index (χ3v) is 5.95. The van der Waals surface area contributed by atoms with Gasteiger partial charge < -0.3 is 11.1 Å². The molecule has 6 nitrogen and oxygen atoms in total. The van der Waals surface area contributed by atoms with Crippen molar-refractivity contribution >= 4 is 15.9 Å². The molecule has 0 aromatic heterocycles. The van der Waals surface area contributed by atoms with Gasteiger partial charge in [0.25, 0.3) is 0 Å². The summed E-state index contributed by atoms with van der Waals surface area (Å²) in [6.45, 7) is 0.967. The number of hydrogen-bond donors (Lipinski definition) is 2. The van der Waals surface area contributed by atoms with Gasteiger partial charge in [-0.05, 0) is 25.7 Å². The van der Waals surface area contributed by atoms with Gasteiger partial charge in [-0.15, -0.1) is 0 Å². The molecule has 0 bridgehead atoms. The van der Waals surface area contributed by atoms with Crippen LogP contribution in [0.2, 0.25) is 0 Å². The Balaban J connectivity index is 1.77. The second-order valence-corrected chi connectivity index (χ2v) is 8.59. The Morgan fingerprint density at radius 3 is 2.33 bits per heavy atom. The molecule has 21 heavy (non-hydrogen) atoms. The number of sulfonamides is 1. The third kappa shape index (κ3) is 4.93. The first-order chi connectivity index (χ1) is 9.78. The lowest BCUT2D eigenvalue weighted by Gasteiger charge is -2.34. The zero-order chi connectivity index (χ0) is 15.5. The normalized spacial score (nSPS) is 24.7. The standard InChI is InChI=1S/C14H27N3O3S/c1-21(19,20)17-9-5-12(6-10-17)16-13(18)11-14(15)7-3-2-4-8-14/h12H,2-11,15H2,1H3,(H,16,18). The zero-order valence-electron chi connectivity index (χ0n) is 12.8. The predicted octanol–water partition coefficient (Wildman–Crippen LogP) is 0.578. The van der Waals surface area contributed by atoms with Crippen LogP contribution in [0.4, 0.5) is 0 Å². The number of nitrogens with one attached hydrogen (secondary N) is 1. The van der Waals surface area contributed by atoms with E-state index in [4.69, 9.17) is 5.73 Å². The molecule has 122 valence electrons. The van der Waals surface area contributed by atoms with E-state index < -0.39 is 10.0 Å². The van der Waals surface area contributed by atoms with E-state index in [9.17, 15) is 13.2 Å². The highest BCUT2D eigenvalue weighted by Crippen LogP contribution is 2.28. The largest absolute Gasteiger partial charge is 0.353 e. The summed E-state index contributed by atoms with van der Waals surface area (Å²) in [6, 6.07) is 0.0719. The monoisotopic (exact) mass is 317 g/mol. The molecule has 1 amide bonds. The molecule has 3 N–H and O–H groups in total. The minimum Gasteiger partial charge on any atom is -0.353 e. The van der Waals surface area contributed by atoms with Crippen LogP contribution in [0.1, 0.15) is 51.4 Å². The lowest BCUT2D eigenvalue weighted by molar-refractivity contribution is -0.123. The Bertz CT molecular complexity index is 464. The van der Waals surface area contributed by atoms with Crippen LogP contribution in [-0.2, 0) is 14.8 Å². The average Bonchev–Trinajstić information content (AvgIpc) is 2.38. The van der Waals surface area contributed by atoms with Crippen LogP contribution in [0, 0.1) is 0 Å². The maximum atomic E-state index is 12.1. The van der Waals surface area contributed by atoms with Crippen molar-refractivity contribution in [1.82, 2.24) is 9.62 Å². The SMILES string of the molecule is CS(=O)(=O)N1CCC(NC(=O)CC2(N)CCCCC2)CC1. The van der Waals surface area contributed by atoms with Crippen molar-refractivity contribution < 1.29 is 13.2 Å². The lowest BCUT2D eigenvalue weighted by atomic mass is 9.80. The Kier molecular flexibility index (Phi) is 5.27. The van der Waals surface area contributed by atoms with Gasteiger partial charge in [-0.2, -0.15) is 0 Å². The third-order valence-electron chi connectivity index (χ3n) is 4.65. The number of nitrogens with zero attached hydrogens (tertiary/aromatic N) is 1. The number of nitrogens with two attached hydrogens (primary N) is 1. The van der Waals surface area contributed by atoms with E-state index >= 15 is 0 Å². The van der Waals surface area contributed by atoms with E-state index in [0.29, 0.717) is 32.4 Å². The molecule has 1 heterocycles. The van der Waals surface area contributed by atoms with Gasteiger partial charge >= 0.3 is 0 Å². The number of carbonyl (C=O) groups is 1. The molecule has 1 aliphatic carbocycles. The summed E-state index contributed by atoms with van der Waals surface area (Å²) in [6.07, 6.45) is 8.25. The molecule has 0 spiro atoms. The van der Waals surface area contributed by atoms with Crippen LogP contribution in [0.15, 0.2) is 0 Å². The fraction of sp³-hybridized carbons (Fsp3) is 0.929. The Morgan fingerprint density at radius 2 is 1.81 bits per heavy atom. The van der Waals surface area contributed by atoms with Crippen molar-refractivity contribution in [1.29, 1.82) is 0 Å². The van der Waals surface area contributed by atoms with Crippen molar-refractivity contribution in [3.63, 3.8) is 0 Å². The second-order valence-electron chi connectivity index (χ2n) is 6.60. The smallest absolute Gasteiger partial charge is 0.222 e. The summed E-state index contributed by atoms with van der Waals surface area (Å²) in [7, 11) is -3.11. The van der Waals surface area contributed by atoms with Crippen LogP contribution >= 0.6 is 0 Å². The first kappa shape index (κ1) is 16.7. The van der Waals surface area contributed by atoms with E-state index in [1.54, 1.807) is 0 Å². The molecule has 2 fully saturated rings. The minimum absolute atomic E-state index is 0.0113. The molecule has 0 aromatic rings. The molecule has 7 heteroatoms. The predicted molar refractivity (Wildman–Crippen MR) is 82.2 cm³/mol. The Hall–Kier alpha value is -0.660. The molecule has 1 aliphatic heterocycles. The van der Waals surface area contributed by atoms with Gasteiger partial charge in [0.1, 0.15) is 0 Å². The topological polar surface area (TPSA) is 92.5 Å². The summed E-state index contributed by atoms with van der Waals surface area (Å²) in [5.41, 5.74) is 5.96. The molecular formula is C14H27N3O3S. The van der Waals surface area contributed by atoms with Crippen molar-refractivity contribution in [2.75, 3.05) is 19.3 Å². The highest BCUT2D eigenvalue weighted by atomic mass is 32.2. The number of amides is 1. The minimum atomic E-state index is -3.11. The Labute approximate surface area is 127 Å². The van der Waals surface area contributed by atoms with Crippen LogP contribution in [-0.4, -0.2) is 49.6 Å². The number of hydrogen-bond acceptors (Lipinski definition) is 4. The van der Waals surface area contributed by atoms with E-state index in [2.05, 4.69) is 5.32 Å². The first-order valence-electron chi connectivity index (χ1n) is 7.82. The van der Waals surface area contributed by atoms with Crippen molar-refractivity contribution in [2.24, 2.45) is 5.73 Å². The van der Waals surface area contributed by atoms with Gasteiger partial charge in [-0.1, -0.05) is 19.3 Å². The molecule has 2 aliphatic rings. The first-order valence-corrected chi connectivity index (χ1v) is 9.67. The quantitative estimate of drug-likeness (QED) is 0.793. The van der Waals surface area contributed by atoms with Gasteiger partial charge in [0, 0.05) is 31.1 Å². The van der Waals surface area contributed by atoms with Gasteiger partial charge in [-0.25, -0.2) is 12.7 Å². The van der Waals surface area contributed by atoms with Crippen LogP contribution in [0.5, 0.6) is 0 Å². The second kappa shape index (κ2) is 6.62. The van der Waals surface area contributed by atoms with Gasteiger partial charge in [0.05, 0.1) is 6.26 Å². The van der Waals surface area contributed by atoms with Gasteiger partial charge in [0.2, 0.25) is 15.9 Å². The van der Waals surface area contributed by atoms with Gasteiger partial charge in [0.15, 0.2) is 0 Å². The van der Waals surface area contributed by atoms with E-state index in [-0.39, 0.29) is 17.5 Å². The van der Waals surface area contributed by atoms with Crippen LogP contribution in [0.25, 0.3) is 0 Å². The van der Waals surface area contributed by atoms with E-state index in [0.717, 1.165) is 25.7 Å². The molecule has 1 saturated heterocycles. The summed E-state index contributed by atoms with van der Waals surface area (Å²) in [5, 5.41) is 3.02. The maximum Gasteiger partial charge on any atom is 0.222 e. The van der Waals surface area contributed by atoms with Crippen molar-refractivity contribution in [3.05, 3.63) is 0 Å². The lowest BCUT2D eigenvalue weighted by Crippen LogP contribution is -2.50. The molecule has 0 aromatic carbocycles. The van der Waals surface area contributed by atoms with Gasteiger partial charge in [-0.3, -0.25) is 4.79 Å². The molecular weight excluding hydrogens is 290 g/mol. The average molecular weight is 317 g/mol. The van der Waals surface area contributed by atoms with Crippen molar-refractivity contribution in [3.8, 4) is 0 Å². The van der Waals surface area contributed by atoms with E-state index in [1.165, 1.54) is 17.0 Å². The van der Waals surface area contributed by atoms with Crippen LogP contribution in [0.3, 0.4) is 0 Å². The molecule has 0 unspecified atom stereocenters. The summed E-state index contributed by atoms with van der Waals surface area (Å²) >= 11 is 0. The number of rotatable bonds is 4. The fourth-order valence-corrected chi connectivity index (χ4v) is 4.24. The summed E-state index contributed by atoms with van der Waals surface area (Å²) in [5.74, 6) is 0.0113. The number of piperidine rings is 1.